The molecule has 6 heteroatoms. The van der Waals surface area contributed by atoms with Crippen molar-refractivity contribution in [2.75, 3.05) is 5.32 Å². The van der Waals surface area contributed by atoms with E-state index in [4.69, 9.17) is 17.4 Å². The standard InChI is InChI=1S/C13H12BrClN4/c14-11-8-9(15)6-7-12(11)18-13(19-16)17-10-4-2-1-3-5-10/h1-8H,16H2,(H2,17,18,19). The summed E-state index contributed by atoms with van der Waals surface area (Å²) in [5.74, 6) is 5.90. The van der Waals surface area contributed by atoms with Crippen LogP contribution in [0.4, 0.5) is 11.4 Å². The predicted octanol–water partition coefficient (Wildman–Crippen LogP) is 3.67. The molecule has 2 aromatic rings. The summed E-state index contributed by atoms with van der Waals surface area (Å²) in [6.45, 7) is 0. The van der Waals surface area contributed by atoms with E-state index in [-0.39, 0.29) is 0 Å². The van der Waals surface area contributed by atoms with Crippen LogP contribution in [0.5, 0.6) is 0 Å². The molecular weight excluding hydrogens is 328 g/mol. The minimum Gasteiger partial charge on any atom is -0.325 e. The van der Waals surface area contributed by atoms with E-state index in [9.17, 15) is 0 Å². The Balaban J connectivity index is 2.23. The molecule has 98 valence electrons. The monoisotopic (exact) mass is 338 g/mol. The minimum absolute atomic E-state index is 0.439. The molecule has 0 aliphatic carbocycles. The zero-order chi connectivity index (χ0) is 13.7. The van der Waals surface area contributed by atoms with Crippen LogP contribution in [0.25, 0.3) is 0 Å². The second kappa shape index (κ2) is 6.56. The van der Waals surface area contributed by atoms with Gasteiger partial charge in [0.1, 0.15) is 0 Å². The molecule has 0 unspecified atom stereocenters. The summed E-state index contributed by atoms with van der Waals surface area (Å²) in [6.07, 6.45) is 0. The molecule has 0 aromatic heterocycles. The van der Waals surface area contributed by atoms with Gasteiger partial charge in [0.05, 0.1) is 5.69 Å². The van der Waals surface area contributed by atoms with Crippen LogP contribution in [0.2, 0.25) is 5.02 Å². The third kappa shape index (κ3) is 3.96. The van der Waals surface area contributed by atoms with Crippen molar-refractivity contribution in [3.63, 3.8) is 0 Å². The Morgan fingerprint density at radius 2 is 1.89 bits per heavy atom. The second-order valence-corrected chi connectivity index (χ2v) is 4.98. The number of para-hydroxylation sites is 1. The lowest BCUT2D eigenvalue weighted by atomic mass is 10.3. The zero-order valence-corrected chi connectivity index (χ0v) is 12.2. The number of rotatable bonds is 2. The van der Waals surface area contributed by atoms with Gasteiger partial charge in [0.2, 0.25) is 5.96 Å². The predicted molar refractivity (Wildman–Crippen MR) is 83.6 cm³/mol. The van der Waals surface area contributed by atoms with E-state index in [0.717, 1.165) is 15.8 Å². The Labute approximate surface area is 124 Å². The van der Waals surface area contributed by atoms with Gasteiger partial charge in [-0.15, -0.1) is 0 Å². The van der Waals surface area contributed by atoms with E-state index in [1.807, 2.05) is 30.3 Å². The van der Waals surface area contributed by atoms with Crippen molar-refractivity contribution in [3.05, 3.63) is 58.0 Å². The number of aliphatic imine (C=N–C) groups is 1. The average molecular weight is 340 g/mol. The summed E-state index contributed by atoms with van der Waals surface area (Å²) in [7, 11) is 0. The molecule has 0 spiro atoms. The number of hydrazine groups is 1. The number of benzene rings is 2. The van der Waals surface area contributed by atoms with Crippen molar-refractivity contribution in [2.45, 2.75) is 0 Å². The van der Waals surface area contributed by atoms with Crippen LogP contribution >= 0.6 is 27.5 Å². The molecule has 2 aromatic carbocycles. The molecule has 0 amide bonds. The first-order chi connectivity index (χ1) is 9.19. The normalized spacial score (nSPS) is 11.2. The molecule has 0 aliphatic heterocycles. The summed E-state index contributed by atoms with van der Waals surface area (Å²) in [4.78, 5) is 4.38. The number of hydrogen-bond acceptors (Lipinski definition) is 2. The van der Waals surface area contributed by atoms with Gasteiger partial charge in [0, 0.05) is 15.2 Å². The third-order valence-electron chi connectivity index (χ3n) is 2.32. The molecule has 2 rings (SSSR count). The molecule has 0 bridgehead atoms. The maximum absolute atomic E-state index is 5.88. The fourth-order valence-electron chi connectivity index (χ4n) is 1.45. The van der Waals surface area contributed by atoms with Gasteiger partial charge >= 0.3 is 0 Å². The second-order valence-electron chi connectivity index (χ2n) is 3.69. The van der Waals surface area contributed by atoms with Crippen molar-refractivity contribution in [3.8, 4) is 0 Å². The number of halogens is 2. The third-order valence-corrected chi connectivity index (χ3v) is 3.19. The highest BCUT2D eigenvalue weighted by Crippen LogP contribution is 2.28. The Morgan fingerprint density at radius 1 is 1.16 bits per heavy atom. The molecule has 0 saturated heterocycles. The van der Waals surface area contributed by atoms with Crippen LogP contribution in [0, 0.1) is 0 Å². The van der Waals surface area contributed by atoms with Gasteiger partial charge in [0.15, 0.2) is 0 Å². The Bertz CT molecular complexity index is 586. The van der Waals surface area contributed by atoms with Crippen molar-refractivity contribution >= 4 is 44.9 Å². The highest BCUT2D eigenvalue weighted by Gasteiger charge is 2.02. The van der Waals surface area contributed by atoms with Crippen LogP contribution in [0.1, 0.15) is 0 Å². The fraction of sp³-hybridized carbons (Fsp3) is 0. The Morgan fingerprint density at radius 3 is 2.53 bits per heavy atom. The number of nitrogens with zero attached hydrogens (tertiary/aromatic N) is 1. The summed E-state index contributed by atoms with van der Waals surface area (Å²) >= 11 is 9.29. The summed E-state index contributed by atoms with van der Waals surface area (Å²) in [5.41, 5.74) is 4.14. The highest BCUT2D eigenvalue weighted by atomic mass is 79.9. The van der Waals surface area contributed by atoms with E-state index < -0.39 is 0 Å². The molecule has 0 aliphatic rings. The lowest BCUT2D eigenvalue weighted by Gasteiger charge is -2.09. The van der Waals surface area contributed by atoms with E-state index in [1.54, 1.807) is 18.2 Å². The minimum atomic E-state index is 0.439. The summed E-state index contributed by atoms with van der Waals surface area (Å²) in [6, 6.07) is 15.0. The maximum atomic E-state index is 5.88. The smallest absolute Gasteiger partial charge is 0.215 e. The van der Waals surface area contributed by atoms with Gasteiger partial charge in [-0.1, -0.05) is 29.8 Å². The first kappa shape index (κ1) is 13.9. The van der Waals surface area contributed by atoms with E-state index in [2.05, 4.69) is 31.7 Å². The molecule has 0 saturated carbocycles. The first-order valence-corrected chi connectivity index (χ1v) is 6.68. The van der Waals surface area contributed by atoms with Crippen LogP contribution in [0.3, 0.4) is 0 Å². The molecular formula is C13H12BrClN4. The van der Waals surface area contributed by atoms with Crippen molar-refractivity contribution < 1.29 is 0 Å². The molecule has 0 heterocycles. The quantitative estimate of drug-likeness (QED) is 0.339. The number of anilines is 1. The summed E-state index contributed by atoms with van der Waals surface area (Å²) < 4.78 is 0.794. The SMILES string of the molecule is NNC(=Nc1ccc(Cl)cc1Br)Nc1ccccc1. The van der Waals surface area contributed by atoms with Gasteiger partial charge < -0.3 is 5.32 Å². The van der Waals surface area contributed by atoms with E-state index in [0.29, 0.717) is 11.0 Å². The van der Waals surface area contributed by atoms with Gasteiger partial charge in [-0.25, -0.2) is 10.8 Å². The number of nitrogens with two attached hydrogens (primary N) is 1. The number of guanidine groups is 1. The van der Waals surface area contributed by atoms with E-state index in [1.165, 1.54) is 0 Å². The van der Waals surface area contributed by atoms with Gasteiger partial charge in [-0.3, -0.25) is 5.43 Å². The van der Waals surface area contributed by atoms with Crippen LogP contribution in [-0.2, 0) is 0 Å². The molecule has 4 N–H and O–H groups in total. The number of nitrogens with one attached hydrogen (secondary N) is 2. The van der Waals surface area contributed by atoms with Gasteiger partial charge in [-0.2, -0.15) is 0 Å². The van der Waals surface area contributed by atoms with Crippen molar-refractivity contribution in [2.24, 2.45) is 10.8 Å². The van der Waals surface area contributed by atoms with Crippen molar-refractivity contribution in [1.29, 1.82) is 0 Å². The van der Waals surface area contributed by atoms with E-state index >= 15 is 0 Å². The molecule has 19 heavy (non-hydrogen) atoms. The highest BCUT2D eigenvalue weighted by molar-refractivity contribution is 9.10. The van der Waals surface area contributed by atoms with Crippen LogP contribution < -0.4 is 16.6 Å². The maximum Gasteiger partial charge on any atom is 0.215 e. The fourth-order valence-corrected chi connectivity index (χ4v) is 2.22. The van der Waals surface area contributed by atoms with Crippen LogP contribution in [0.15, 0.2) is 58.0 Å². The zero-order valence-electron chi connectivity index (χ0n) is 9.90. The summed E-state index contributed by atoms with van der Waals surface area (Å²) in [5, 5.41) is 3.72. The van der Waals surface area contributed by atoms with Crippen molar-refractivity contribution in [1.82, 2.24) is 5.43 Å². The molecule has 4 nitrogen and oxygen atoms in total. The van der Waals surface area contributed by atoms with Gasteiger partial charge in [0.25, 0.3) is 0 Å². The first-order valence-electron chi connectivity index (χ1n) is 5.51. The lowest BCUT2D eigenvalue weighted by molar-refractivity contribution is 1.02. The topological polar surface area (TPSA) is 62.4 Å². The van der Waals surface area contributed by atoms with Crippen LogP contribution in [-0.4, -0.2) is 5.96 Å². The molecule has 0 radical (unpaired) electrons. The Kier molecular flexibility index (Phi) is 4.79. The van der Waals surface area contributed by atoms with Gasteiger partial charge in [-0.05, 0) is 46.3 Å². The largest absolute Gasteiger partial charge is 0.325 e. The average Bonchev–Trinajstić information content (AvgIpc) is 2.42. The lowest BCUT2D eigenvalue weighted by Crippen LogP contribution is -2.35. The Hall–Kier alpha value is -1.56. The number of hydrogen-bond donors (Lipinski definition) is 3. The molecule has 0 atom stereocenters. The molecule has 0 fully saturated rings.